The van der Waals surface area contributed by atoms with Crippen LogP contribution in [0.15, 0.2) is 24.3 Å². The van der Waals surface area contributed by atoms with Crippen LogP contribution in [0.3, 0.4) is 0 Å². The van der Waals surface area contributed by atoms with Crippen molar-refractivity contribution in [2.24, 2.45) is 5.41 Å². The molecule has 0 aliphatic heterocycles. The second-order valence-corrected chi connectivity index (χ2v) is 6.56. The van der Waals surface area contributed by atoms with E-state index in [1.165, 1.54) is 0 Å². The molecule has 104 valence electrons. The van der Waals surface area contributed by atoms with Crippen LogP contribution in [-0.4, -0.2) is 18.5 Å². The Hall–Kier alpha value is -1.51. The van der Waals surface area contributed by atoms with E-state index in [4.69, 9.17) is 0 Å². The van der Waals surface area contributed by atoms with Gasteiger partial charge in [-0.3, -0.25) is 4.79 Å². The Morgan fingerprint density at radius 3 is 2.37 bits per heavy atom. The van der Waals surface area contributed by atoms with E-state index in [-0.39, 0.29) is 5.91 Å². The summed E-state index contributed by atoms with van der Waals surface area (Å²) in [4.78, 5) is 11.8. The molecule has 0 radical (unpaired) electrons. The third kappa shape index (κ3) is 4.93. The smallest absolute Gasteiger partial charge is 0.251 e. The van der Waals surface area contributed by atoms with Gasteiger partial charge in [0.2, 0.25) is 0 Å². The molecule has 0 saturated heterocycles. The van der Waals surface area contributed by atoms with Crippen molar-refractivity contribution in [3.05, 3.63) is 29.8 Å². The van der Waals surface area contributed by atoms with Crippen molar-refractivity contribution in [3.8, 4) is 0 Å². The van der Waals surface area contributed by atoms with Gasteiger partial charge < -0.3 is 10.6 Å². The third-order valence-electron chi connectivity index (χ3n) is 3.26. The number of amides is 1. The van der Waals surface area contributed by atoms with Crippen molar-refractivity contribution in [2.75, 3.05) is 11.9 Å². The maximum Gasteiger partial charge on any atom is 0.251 e. The molecule has 1 aliphatic carbocycles. The van der Waals surface area contributed by atoms with Crippen LogP contribution < -0.4 is 10.6 Å². The van der Waals surface area contributed by atoms with Crippen LogP contribution in [-0.2, 0) is 0 Å². The first kappa shape index (κ1) is 13.9. The SMILES string of the molecule is CC(C)(C)CCNc1ccc(C(=O)NC2CC2)cc1. The zero-order chi connectivity index (χ0) is 13.9. The lowest BCUT2D eigenvalue weighted by atomic mass is 9.92. The molecule has 1 saturated carbocycles. The summed E-state index contributed by atoms with van der Waals surface area (Å²) in [5, 5.41) is 6.38. The average molecular weight is 260 g/mol. The Morgan fingerprint density at radius 1 is 1.21 bits per heavy atom. The first-order chi connectivity index (χ1) is 8.94. The van der Waals surface area contributed by atoms with Gasteiger partial charge >= 0.3 is 0 Å². The summed E-state index contributed by atoms with van der Waals surface area (Å²) < 4.78 is 0. The van der Waals surface area contributed by atoms with Gasteiger partial charge in [-0.1, -0.05) is 20.8 Å². The molecular weight excluding hydrogens is 236 g/mol. The second-order valence-electron chi connectivity index (χ2n) is 6.56. The molecule has 0 spiro atoms. The summed E-state index contributed by atoms with van der Waals surface area (Å²) in [5.74, 6) is 0.0451. The quantitative estimate of drug-likeness (QED) is 0.851. The number of hydrogen-bond acceptors (Lipinski definition) is 2. The fourth-order valence-corrected chi connectivity index (χ4v) is 1.82. The van der Waals surface area contributed by atoms with Gasteiger partial charge in [0.05, 0.1) is 0 Å². The molecule has 0 atom stereocenters. The van der Waals surface area contributed by atoms with E-state index in [2.05, 4.69) is 31.4 Å². The lowest BCUT2D eigenvalue weighted by molar-refractivity contribution is 0.0951. The van der Waals surface area contributed by atoms with Gasteiger partial charge in [0.1, 0.15) is 0 Å². The summed E-state index contributed by atoms with van der Waals surface area (Å²) in [6.45, 7) is 7.66. The lowest BCUT2D eigenvalue weighted by Crippen LogP contribution is -2.25. The monoisotopic (exact) mass is 260 g/mol. The number of rotatable bonds is 5. The lowest BCUT2D eigenvalue weighted by Gasteiger charge is -2.18. The van der Waals surface area contributed by atoms with Crippen molar-refractivity contribution >= 4 is 11.6 Å². The molecule has 1 fully saturated rings. The van der Waals surface area contributed by atoms with Crippen LogP contribution in [0.2, 0.25) is 0 Å². The predicted molar refractivity (Wildman–Crippen MR) is 79.5 cm³/mol. The zero-order valence-electron chi connectivity index (χ0n) is 12.1. The molecule has 0 bridgehead atoms. The second kappa shape index (κ2) is 5.64. The Bertz CT molecular complexity index is 427. The largest absolute Gasteiger partial charge is 0.385 e. The minimum atomic E-state index is 0.0451. The summed E-state index contributed by atoms with van der Waals surface area (Å²) >= 11 is 0. The molecule has 0 unspecified atom stereocenters. The molecule has 1 amide bonds. The standard InChI is InChI=1S/C16H24N2O/c1-16(2,3)10-11-17-13-6-4-12(5-7-13)15(19)18-14-8-9-14/h4-7,14,17H,8-11H2,1-3H3,(H,18,19). The molecule has 1 aromatic rings. The summed E-state index contributed by atoms with van der Waals surface area (Å²) in [6, 6.07) is 8.14. The van der Waals surface area contributed by atoms with Crippen molar-refractivity contribution in [3.63, 3.8) is 0 Å². The van der Waals surface area contributed by atoms with Crippen molar-refractivity contribution in [2.45, 2.75) is 46.1 Å². The van der Waals surface area contributed by atoms with Gasteiger partial charge in [0.25, 0.3) is 5.91 Å². The Morgan fingerprint density at radius 2 is 1.84 bits per heavy atom. The fraction of sp³-hybridized carbons (Fsp3) is 0.562. The van der Waals surface area contributed by atoms with Crippen LogP contribution in [0.25, 0.3) is 0 Å². The highest BCUT2D eigenvalue weighted by Crippen LogP contribution is 2.20. The number of carbonyl (C=O) groups excluding carboxylic acids is 1. The minimum Gasteiger partial charge on any atom is -0.385 e. The molecule has 1 aromatic carbocycles. The highest BCUT2D eigenvalue weighted by molar-refractivity contribution is 5.94. The van der Waals surface area contributed by atoms with Crippen LogP contribution in [0.1, 0.15) is 50.4 Å². The number of benzene rings is 1. The van der Waals surface area contributed by atoms with E-state index < -0.39 is 0 Å². The van der Waals surface area contributed by atoms with Gasteiger partial charge in [-0.15, -0.1) is 0 Å². The highest BCUT2D eigenvalue weighted by Gasteiger charge is 2.23. The first-order valence-corrected chi connectivity index (χ1v) is 7.09. The molecule has 0 heterocycles. The molecule has 1 aliphatic rings. The molecule has 2 rings (SSSR count). The van der Waals surface area contributed by atoms with Gasteiger partial charge in [0.15, 0.2) is 0 Å². The number of hydrogen-bond donors (Lipinski definition) is 2. The Balaban J connectivity index is 1.82. The summed E-state index contributed by atoms with van der Waals surface area (Å²) in [6.07, 6.45) is 3.37. The maximum absolute atomic E-state index is 11.8. The van der Waals surface area contributed by atoms with E-state index in [9.17, 15) is 4.79 Å². The zero-order valence-corrected chi connectivity index (χ0v) is 12.1. The number of nitrogens with one attached hydrogen (secondary N) is 2. The molecule has 19 heavy (non-hydrogen) atoms. The van der Waals surface area contributed by atoms with Gasteiger partial charge in [-0.05, 0) is 48.9 Å². The van der Waals surface area contributed by atoms with E-state index in [1.807, 2.05) is 24.3 Å². The van der Waals surface area contributed by atoms with Crippen LogP contribution in [0, 0.1) is 5.41 Å². The first-order valence-electron chi connectivity index (χ1n) is 7.09. The Labute approximate surface area is 115 Å². The maximum atomic E-state index is 11.8. The van der Waals surface area contributed by atoms with E-state index in [0.29, 0.717) is 11.5 Å². The summed E-state index contributed by atoms with van der Waals surface area (Å²) in [5.41, 5.74) is 2.16. The van der Waals surface area contributed by atoms with Crippen LogP contribution in [0.4, 0.5) is 5.69 Å². The third-order valence-corrected chi connectivity index (χ3v) is 3.26. The van der Waals surface area contributed by atoms with E-state index in [1.54, 1.807) is 0 Å². The average Bonchev–Trinajstić information content (AvgIpc) is 3.12. The van der Waals surface area contributed by atoms with Gasteiger partial charge in [-0.2, -0.15) is 0 Å². The summed E-state index contributed by atoms with van der Waals surface area (Å²) in [7, 11) is 0. The van der Waals surface area contributed by atoms with Crippen LogP contribution >= 0.6 is 0 Å². The molecule has 2 N–H and O–H groups in total. The van der Waals surface area contributed by atoms with E-state index >= 15 is 0 Å². The normalized spacial score (nSPS) is 15.1. The van der Waals surface area contributed by atoms with Crippen molar-refractivity contribution in [1.82, 2.24) is 5.32 Å². The van der Waals surface area contributed by atoms with E-state index in [0.717, 1.165) is 37.1 Å². The minimum absolute atomic E-state index is 0.0451. The van der Waals surface area contributed by atoms with Crippen LogP contribution in [0.5, 0.6) is 0 Å². The highest BCUT2D eigenvalue weighted by atomic mass is 16.1. The molecule has 0 aromatic heterocycles. The molecule has 3 heteroatoms. The topological polar surface area (TPSA) is 41.1 Å². The predicted octanol–water partition coefficient (Wildman–Crippen LogP) is 3.43. The van der Waals surface area contributed by atoms with Crippen molar-refractivity contribution in [1.29, 1.82) is 0 Å². The fourth-order valence-electron chi connectivity index (χ4n) is 1.82. The van der Waals surface area contributed by atoms with Crippen molar-refractivity contribution < 1.29 is 4.79 Å². The molecular formula is C16H24N2O. The molecule has 3 nitrogen and oxygen atoms in total. The number of anilines is 1. The number of carbonyl (C=O) groups is 1. The Kier molecular flexibility index (Phi) is 4.13. The van der Waals surface area contributed by atoms with Gasteiger partial charge in [0, 0.05) is 23.8 Å². The van der Waals surface area contributed by atoms with Gasteiger partial charge in [-0.25, -0.2) is 0 Å².